The summed E-state index contributed by atoms with van der Waals surface area (Å²) in [7, 11) is 0. The highest BCUT2D eigenvalue weighted by Gasteiger charge is 2.11. The van der Waals surface area contributed by atoms with E-state index in [2.05, 4.69) is 5.32 Å². The van der Waals surface area contributed by atoms with Crippen LogP contribution in [-0.2, 0) is 4.79 Å². The molecule has 0 fully saturated rings. The Morgan fingerprint density at radius 2 is 1.52 bits per heavy atom. The molecule has 3 aromatic carbocycles. The summed E-state index contributed by atoms with van der Waals surface area (Å²) in [6.07, 6.45) is 5.15. The third-order valence-electron chi connectivity index (χ3n) is 4.78. The van der Waals surface area contributed by atoms with Crippen LogP contribution < -0.4 is 5.32 Å². The minimum Gasteiger partial charge on any atom is -0.323 e. The molecule has 0 radical (unpaired) electrons. The van der Waals surface area contributed by atoms with Gasteiger partial charge in [-0.1, -0.05) is 48.5 Å². The molecule has 0 aliphatic heterocycles. The number of carbonyl (C=O) groups excluding carboxylic acids is 2. The first-order valence-corrected chi connectivity index (χ1v) is 9.91. The molecule has 0 aliphatic carbocycles. The SMILES string of the molecule is CC(=O)c1ccc(NC(=O)/C=C/c2cn(-c3ccccc3)nc2-c2ccccc2)cc1. The Morgan fingerprint density at radius 1 is 0.871 bits per heavy atom. The summed E-state index contributed by atoms with van der Waals surface area (Å²) in [5, 5.41) is 7.55. The average molecular weight is 407 g/mol. The van der Waals surface area contributed by atoms with Gasteiger partial charge >= 0.3 is 0 Å². The zero-order valence-corrected chi connectivity index (χ0v) is 17.0. The van der Waals surface area contributed by atoms with E-state index in [-0.39, 0.29) is 11.7 Å². The van der Waals surface area contributed by atoms with E-state index in [1.165, 1.54) is 13.0 Å². The van der Waals surface area contributed by atoms with Crippen molar-refractivity contribution in [2.45, 2.75) is 6.92 Å². The van der Waals surface area contributed by atoms with Crippen LogP contribution in [0.3, 0.4) is 0 Å². The third kappa shape index (κ3) is 4.85. The fourth-order valence-corrected chi connectivity index (χ4v) is 3.18. The minimum atomic E-state index is -0.262. The second kappa shape index (κ2) is 9.05. The molecule has 4 rings (SSSR count). The first-order chi connectivity index (χ1) is 15.1. The summed E-state index contributed by atoms with van der Waals surface area (Å²) in [5.41, 5.74) is 4.76. The molecule has 31 heavy (non-hydrogen) atoms. The van der Waals surface area contributed by atoms with Crippen LogP contribution in [0.25, 0.3) is 23.0 Å². The van der Waals surface area contributed by atoms with Crippen LogP contribution >= 0.6 is 0 Å². The van der Waals surface area contributed by atoms with Crippen LogP contribution in [0.15, 0.2) is 97.2 Å². The summed E-state index contributed by atoms with van der Waals surface area (Å²) in [5.74, 6) is -0.274. The number of anilines is 1. The van der Waals surface area contributed by atoms with E-state index in [4.69, 9.17) is 5.10 Å². The van der Waals surface area contributed by atoms with Gasteiger partial charge in [0, 0.05) is 34.7 Å². The highest BCUT2D eigenvalue weighted by atomic mass is 16.1. The summed E-state index contributed by atoms with van der Waals surface area (Å²) in [6, 6.07) is 26.5. The number of rotatable bonds is 6. The number of amides is 1. The molecule has 1 amide bonds. The van der Waals surface area contributed by atoms with Crippen LogP contribution in [0.2, 0.25) is 0 Å². The topological polar surface area (TPSA) is 64.0 Å². The van der Waals surface area contributed by atoms with E-state index in [0.717, 1.165) is 22.5 Å². The molecule has 5 nitrogen and oxygen atoms in total. The lowest BCUT2D eigenvalue weighted by Gasteiger charge is -2.03. The Bertz CT molecular complexity index is 1220. The van der Waals surface area contributed by atoms with E-state index in [1.54, 1.807) is 35.0 Å². The second-order valence-corrected chi connectivity index (χ2v) is 7.04. The number of benzene rings is 3. The maximum absolute atomic E-state index is 12.4. The summed E-state index contributed by atoms with van der Waals surface area (Å²) in [6.45, 7) is 1.51. The van der Waals surface area contributed by atoms with E-state index < -0.39 is 0 Å². The number of aromatic nitrogens is 2. The maximum atomic E-state index is 12.4. The molecule has 0 saturated heterocycles. The number of nitrogens with one attached hydrogen (secondary N) is 1. The number of ketones is 1. The van der Waals surface area contributed by atoms with Crippen molar-refractivity contribution in [3.63, 3.8) is 0 Å². The van der Waals surface area contributed by atoms with E-state index in [0.29, 0.717) is 11.3 Å². The van der Waals surface area contributed by atoms with Crippen LogP contribution in [0.4, 0.5) is 5.69 Å². The predicted molar refractivity (Wildman–Crippen MR) is 123 cm³/mol. The van der Waals surface area contributed by atoms with Crippen molar-refractivity contribution in [3.05, 3.63) is 108 Å². The highest BCUT2D eigenvalue weighted by molar-refractivity contribution is 6.02. The molecule has 0 spiro atoms. The number of para-hydroxylation sites is 1. The monoisotopic (exact) mass is 407 g/mol. The van der Waals surface area contributed by atoms with Crippen molar-refractivity contribution in [2.75, 3.05) is 5.32 Å². The van der Waals surface area contributed by atoms with Gasteiger partial charge in [0.2, 0.25) is 5.91 Å². The Balaban J connectivity index is 1.59. The molecule has 0 saturated carbocycles. The van der Waals surface area contributed by atoms with Crippen molar-refractivity contribution in [3.8, 4) is 16.9 Å². The molecule has 5 heteroatoms. The first kappa shape index (κ1) is 20.0. The van der Waals surface area contributed by atoms with Crippen molar-refractivity contribution in [2.24, 2.45) is 0 Å². The van der Waals surface area contributed by atoms with Gasteiger partial charge in [0.05, 0.1) is 11.4 Å². The largest absolute Gasteiger partial charge is 0.323 e. The van der Waals surface area contributed by atoms with Crippen molar-refractivity contribution < 1.29 is 9.59 Å². The molecule has 4 aromatic rings. The third-order valence-corrected chi connectivity index (χ3v) is 4.78. The van der Waals surface area contributed by atoms with Crippen molar-refractivity contribution in [1.29, 1.82) is 0 Å². The lowest BCUT2D eigenvalue weighted by Crippen LogP contribution is -2.07. The van der Waals surface area contributed by atoms with Gasteiger partial charge in [-0.3, -0.25) is 9.59 Å². The normalized spacial score (nSPS) is 10.9. The van der Waals surface area contributed by atoms with Gasteiger partial charge in [-0.05, 0) is 49.4 Å². The smallest absolute Gasteiger partial charge is 0.248 e. The van der Waals surface area contributed by atoms with Crippen LogP contribution in [0.5, 0.6) is 0 Å². The molecule has 0 aliphatic rings. The Morgan fingerprint density at radius 3 is 2.16 bits per heavy atom. The molecule has 1 heterocycles. The molecule has 152 valence electrons. The van der Waals surface area contributed by atoms with E-state index in [1.807, 2.05) is 66.9 Å². The lowest BCUT2D eigenvalue weighted by atomic mass is 10.1. The zero-order valence-electron chi connectivity index (χ0n) is 17.0. The predicted octanol–water partition coefficient (Wildman–Crippen LogP) is 5.39. The lowest BCUT2D eigenvalue weighted by molar-refractivity contribution is -0.111. The number of hydrogen-bond donors (Lipinski definition) is 1. The quantitative estimate of drug-likeness (QED) is 0.344. The van der Waals surface area contributed by atoms with Gasteiger partial charge in [-0.15, -0.1) is 0 Å². The molecule has 1 aromatic heterocycles. The first-order valence-electron chi connectivity index (χ1n) is 9.91. The number of carbonyl (C=O) groups is 2. The fraction of sp³-hybridized carbons (Fsp3) is 0.0385. The molecule has 0 atom stereocenters. The van der Waals surface area contributed by atoms with Gasteiger partial charge in [0.15, 0.2) is 5.78 Å². The zero-order chi connectivity index (χ0) is 21.6. The molecule has 1 N–H and O–H groups in total. The van der Waals surface area contributed by atoms with Gasteiger partial charge in [0.1, 0.15) is 0 Å². The number of Topliss-reactive ketones (excluding diaryl/α,β-unsaturated/α-hetero) is 1. The Labute approximate surface area is 180 Å². The number of nitrogens with zero attached hydrogens (tertiary/aromatic N) is 2. The van der Waals surface area contributed by atoms with Gasteiger partial charge in [-0.2, -0.15) is 5.10 Å². The molecular weight excluding hydrogens is 386 g/mol. The van der Waals surface area contributed by atoms with Crippen molar-refractivity contribution >= 4 is 23.5 Å². The van der Waals surface area contributed by atoms with Gasteiger partial charge in [0.25, 0.3) is 0 Å². The van der Waals surface area contributed by atoms with Crippen LogP contribution in [0, 0.1) is 0 Å². The number of hydrogen-bond acceptors (Lipinski definition) is 3. The molecule has 0 unspecified atom stereocenters. The summed E-state index contributed by atoms with van der Waals surface area (Å²) in [4.78, 5) is 23.8. The Kier molecular flexibility index (Phi) is 5.85. The molecular formula is C26H21N3O2. The van der Waals surface area contributed by atoms with E-state index >= 15 is 0 Å². The minimum absolute atomic E-state index is 0.0124. The fourth-order valence-electron chi connectivity index (χ4n) is 3.18. The van der Waals surface area contributed by atoms with E-state index in [9.17, 15) is 9.59 Å². The second-order valence-electron chi connectivity index (χ2n) is 7.04. The van der Waals surface area contributed by atoms with Gasteiger partial charge in [-0.25, -0.2) is 4.68 Å². The summed E-state index contributed by atoms with van der Waals surface area (Å²) >= 11 is 0. The van der Waals surface area contributed by atoms with Crippen molar-refractivity contribution in [1.82, 2.24) is 9.78 Å². The van der Waals surface area contributed by atoms with Gasteiger partial charge < -0.3 is 5.32 Å². The standard InChI is InChI=1S/C26H21N3O2/c1-19(30)20-12-15-23(16-13-20)27-25(31)17-14-22-18-29(24-10-6-3-7-11-24)28-26(22)21-8-4-2-5-9-21/h2-18H,1H3,(H,27,31)/b17-14+. The highest BCUT2D eigenvalue weighted by Crippen LogP contribution is 2.24. The summed E-state index contributed by atoms with van der Waals surface area (Å²) < 4.78 is 1.81. The Hall–Kier alpha value is -4.25. The van der Waals surface area contributed by atoms with Crippen LogP contribution in [0.1, 0.15) is 22.8 Å². The molecule has 0 bridgehead atoms. The maximum Gasteiger partial charge on any atom is 0.248 e. The van der Waals surface area contributed by atoms with Crippen LogP contribution in [-0.4, -0.2) is 21.5 Å². The average Bonchev–Trinajstić information content (AvgIpc) is 3.24.